The largest absolute Gasteiger partial charge is 0.296 e. The Labute approximate surface area is 113 Å². The first-order chi connectivity index (χ1) is 8.48. The van der Waals surface area contributed by atoms with Gasteiger partial charge < -0.3 is 0 Å². The van der Waals surface area contributed by atoms with Crippen molar-refractivity contribution < 1.29 is 8.42 Å². The van der Waals surface area contributed by atoms with E-state index in [0.29, 0.717) is 5.82 Å². The summed E-state index contributed by atoms with van der Waals surface area (Å²) in [5.74, 6) is 0.593. The van der Waals surface area contributed by atoms with Crippen molar-refractivity contribution in [3.05, 3.63) is 16.3 Å². The van der Waals surface area contributed by atoms with Gasteiger partial charge in [0.05, 0.1) is 0 Å². The predicted octanol–water partition coefficient (Wildman–Crippen LogP) is 2.58. The van der Waals surface area contributed by atoms with E-state index in [1.54, 1.807) is 15.9 Å². The molecule has 0 bridgehead atoms. The normalized spacial score (nSPS) is 16.1. The van der Waals surface area contributed by atoms with Gasteiger partial charge in [-0.05, 0) is 30.7 Å². The van der Waals surface area contributed by atoms with E-state index in [1.165, 1.54) is 0 Å². The van der Waals surface area contributed by atoms with Crippen LogP contribution in [-0.2, 0) is 9.05 Å². The van der Waals surface area contributed by atoms with Gasteiger partial charge in [-0.15, -0.1) is 10.2 Å². The number of rotatable bonds is 3. The third-order valence-electron chi connectivity index (χ3n) is 2.89. The van der Waals surface area contributed by atoms with Gasteiger partial charge in [-0.3, -0.25) is 4.57 Å². The molecule has 1 fully saturated rings. The Bertz CT molecular complexity index is 701. The number of thiophene rings is 1. The molecule has 2 aromatic heterocycles. The van der Waals surface area contributed by atoms with Crippen molar-refractivity contribution in [3.63, 3.8) is 0 Å². The van der Waals surface area contributed by atoms with Gasteiger partial charge >= 0.3 is 0 Å². The van der Waals surface area contributed by atoms with Gasteiger partial charge in [0, 0.05) is 27.7 Å². The minimum atomic E-state index is -3.86. The van der Waals surface area contributed by atoms with Gasteiger partial charge in [0.25, 0.3) is 14.2 Å². The average molecular weight is 304 g/mol. The molecule has 3 rings (SSSR count). The molecule has 1 aliphatic carbocycles. The summed E-state index contributed by atoms with van der Waals surface area (Å²) in [6.45, 7) is 1.96. The quantitative estimate of drug-likeness (QED) is 0.818. The third-order valence-corrected chi connectivity index (χ3v) is 4.88. The second-order valence-electron chi connectivity index (χ2n) is 4.31. The topological polar surface area (TPSA) is 64.8 Å². The zero-order valence-electron chi connectivity index (χ0n) is 9.50. The second-order valence-corrected chi connectivity index (χ2v) is 7.52. The summed E-state index contributed by atoms with van der Waals surface area (Å²) < 4.78 is 24.6. The van der Waals surface area contributed by atoms with Gasteiger partial charge in [-0.1, -0.05) is 0 Å². The fourth-order valence-electron chi connectivity index (χ4n) is 1.88. The highest BCUT2D eigenvalue weighted by Gasteiger charge is 2.34. The standard InChI is InChI=1S/C10H10ClN3O2S2/c1-6-4-17-5-8(6)9-12-13-10(18(11,15)16)14(9)7-2-3-7/h4-5,7H,2-3H2,1H3. The number of hydrogen-bond donors (Lipinski definition) is 0. The van der Waals surface area contributed by atoms with Crippen LogP contribution < -0.4 is 0 Å². The van der Waals surface area contributed by atoms with Crippen LogP contribution in [-0.4, -0.2) is 23.2 Å². The van der Waals surface area contributed by atoms with Crippen LogP contribution >= 0.6 is 22.0 Å². The highest BCUT2D eigenvalue weighted by atomic mass is 35.7. The van der Waals surface area contributed by atoms with E-state index in [9.17, 15) is 8.42 Å². The monoisotopic (exact) mass is 303 g/mol. The fourth-order valence-corrected chi connectivity index (χ4v) is 3.63. The van der Waals surface area contributed by atoms with E-state index in [-0.39, 0.29) is 11.2 Å². The molecule has 0 saturated heterocycles. The van der Waals surface area contributed by atoms with Crippen molar-refractivity contribution in [2.45, 2.75) is 31.0 Å². The maximum atomic E-state index is 11.5. The molecule has 0 aromatic carbocycles. The first kappa shape index (κ1) is 12.1. The molecule has 8 heteroatoms. The summed E-state index contributed by atoms with van der Waals surface area (Å²) in [4.78, 5) is 0. The molecule has 18 heavy (non-hydrogen) atoms. The Hall–Kier alpha value is -0.920. The van der Waals surface area contributed by atoms with Gasteiger partial charge in [0.15, 0.2) is 5.82 Å². The molecule has 0 amide bonds. The summed E-state index contributed by atoms with van der Waals surface area (Å²) in [5.41, 5.74) is 1.98. The van der Waals surface area contributed by atoms with Crippen molar-refractivity contribution in [3.8, 4) is 11.4 Å². The van der Waals surface area contributed by atoms with Crippen molar-refractivity contribution in [2.24, 2.45) is 0 Å². The molecular weight excluding hydrogens is 294 g/mol. The van der Waals surface area contributed by atoms with Crippen LogP contribution in [0.25, 0.3) is 11.4 Å². The maximum Gasteiger partial charge on any atom is 0.296 e. The first-order valence-electron chi connectivity index (χ1n) is 5.41. The minimum Gasteiger partial charge on any atom is -0.294 e. The zero-order chi connectivity index (χ0) is 12.9. The lowest BCUT2D eigenvalue weighted by atomic mass is 10.2. The van der Waals surface area contributed by atoms with Crippen molar-refractivity contribution in [1.82, 2.24) is 14.8 Å². The van der Waals surface area contributed by atoms with Crippen LogP contribution in [0, 0.1) is 6.92 Å². The molecule has 1 saturated carbocycles. The van der Waals surface area contributed by atoms with Gasteiger partial charge in [-0.2, -0.15) is 11.3 Å². The van der Waals surface area contributed by atoms with E-state index in [4.69, 9.17) is 10.7 Å². The molecule has 2 heterocycles. The lowest BCUT2D eigenvalue weighted by molar-refractivity contribution is 0.579. The molecule has 1 aliphatic rings. The Morgan fingerprint density at radius 3 is 2.61 bits per heavy atom. The van der Waals surface area contributed by atoms with Crippen LogP contribution in [0.1, 0.15) is 24.4 Å². The summed E-state index contributed by atoms with van der Waals surface area (Å²) in [5, 5.41) is 11.5. The van der Waals surface area contributed by atoms with E-state index in [2.05, 4.69) is 10.2 Å². The fraction of sp³-hybridized carbons (Fsp3) is 0.400. The Morgan fingerprint density at radius 2 is 2.11 bits per heavy atom. The molecule has 0 unspecified atom stereocenters. The predicted molar refractivity (Wildman–Crippen MR) is 69.4 cm³/mol. The molecule has 0 aliphatic heterocycles. The van der Waals surface area contributed by atoms with Gasteiger partial charge in [-0.25, -0.2) is 8.42 Å². The molecule has 2 aromatic rings. The second kappa shape index (κ2) is 4.04. The van der Waals surface area contributed by atoms with E-state index in [0.717, 1.165) is 24.0 Å². The highest BCUT2D eigenvalue weighted by Crippen LogP contribution is 2.41. The smallest absolute Gasteiger partial charge is 0.294 e. The SMILES string of the molecule is Cc1cscc1-c1nnc(S(=O)(=O)Cl)n1C1CC1. The lowest BCUT2D eigenvalue weighted by Crippen LogP contribution is -2.06. The molecule has 96 valence electrons. The summed E-state index contributed by atoms with van der Waals surface area (Å²) in [6.07, 6.45) is 1.88. The number of hydrogen-bond acceptors (Lipinski definition) is 5. The number of aromatic nitrogens is 3. The molecule has 5 nitrogen and oxygen atoms in total. The van der Waals surface area contributed by atoms with Crippen molar-refractivity contribution >= 4 is 31.1 Å². The average Bonchev–Trinajstić information content (AvgIpc) is 2.86. The summed E-state index contributed by atoms with van der Waals surface area (Å²) >= 11 is 1.56. The van der Waals surface area contributed by atoms with Crippen LogP contribution in [0.3, 0.4) is 0 Å². The molecule has 0 N–H and O–H groups in total. The lowest BCUT2D eigenvalue weighted by Gasteiger charge is -2.06. The van der Waals surface area contributed by atoms with Crippen molar-refractivity contribution in [1.29, 1.82) is 0 Å². The first-order valence-corrected chi connectivity index (χ1v) is 8.66. The maximum absolute atomic E-state index is 11.5. The van der Waals surface area contributed by atoms with Gasteiger partial charge in [0.2, 0.25) is 0 Å². The molecule has 0 spiro atoms. The number of halogens is 1. The molecule has 0 atom stereocenters. The van der Waals surface area contributed by atoms with E-state index in [1.807, 2.05) is 17.7 Å². The number of aryl methyl sites for hydroxylation is 1. The van der Waals surface area contributed by atoms with E-state index < -0.39 is 9.05 Å². The van der Waals surface area contributed by atoms with E-state index >= 15 is 0 Å². The Morgan fingerprint density at radius 1 is 1.39 bits per heavy atom. The van der Waals surface area contributed by atoms with Gasteiger partial charge in [0.1, 0.15) is 0 Å². The van der Waals surface area contributed by atoms with Crippen LogP contribution in [0.5, 0.6) is 0 Å². The van der Waals surface area contributed by atoms with Crippen LogP contribution in [0.15, 0.2) is 15.9 Å². The zero-order valence-corrected chi connectivity index (χ0v) is 11.9. The van der Waals surface area contributed by atoms with Crippen LogP contribution in [0.2, 0.25) is 0 Å². The third kappa shape index (κ3) is 1.96. The molecule has 0 radical (unpaired) electrons. The molecular formula is C10H10ClN3O2S2. The summed E-state index contributed by atoms with van der Waals surface area (Å²) in [7, 11) is 1.54. The Kier molecular flexibility index (Phi) is 2.72. The minimum absolute atomic E-state index is 0.146. The number of nitrogens with zero attached hydrogens (tertiary/aromatic N) is 3. The van der Waals surface area contributed by atoms with Crippen LogP contribution in [0.4, 0.5) is 0 Å². The Balaban J connectivity index is 2.23. The van der Waals surface area contributed by atoms with Crippen molar-refractivity contribution in [2.75, 3.05) is 0 Å². The highest BCUT2D eigenvalue weighted by molar-refractivity contribution is 8.13. The summed E-state index contributed by atoms with van der Waals surface area (Å²) in [6, 6.07) is 0.151.